The number of anilines is 1. The van der Waals surface area contributed by atoms with E-state index < -0.39 is 5.92 Å². The molecule has 2 aliphatic carbocycles. The summed E-state index contributed by atoms with van der Waals surface area (Å²) in [6, 6.07) is 10.4. The molecule has 0 saturated carbocycles. The number of ketones is 2. The minimum atomic E-state index is -0.437. The molecule has 0 aromatic heterocycles. The number of Topliss-reactive ketones (excluding diaryl/α,β-unsaturated/α-hetero) is 2. The molecule has 0 radical (unpaired) electrons. The minimum absolute atomic E-state index is 0.101. The highest BCUT2D eigenvalue weighted by atomic mass is 79.9. The van der Waals surface area contributed by atoms with Crippen molar-refractivity contribution in [3.05, 3.63) is 79.0 Å². The van der Waals surface area contributed by atoms with Gasteiger partial charge in [0.1, 0.15) is 5.75 Å². The van der Waals surface area contributed by atoms with Crippen LogP contribution < -0.4 is 10.1 Å². The molecule has 1 amide bonds. The molecule has 2 aromatic carbocycles. The third-order valence-electron chi connectivity index (χ3n) is 8.19. The van der Waals surface area contributed by atoms with Gasteiger partial charge in [-0.1, -0.05) is 57.0 Å². The fourth-order valence-corrected chi connectivity index (χ4v) is 7.30. The Morgan fingerprint density at radius 3 is 2.05 bits per heavy atom. The first-order valence-corrected chi connectivity index (χ1v) is 15.7. The first-order chi connectivity index (χ1) is 19.7. The van der Waals surface area contributed by atoms with E-state index in [0.717, 1.165) is 40.9 Å². The summed E-state index contributed by atoms with van der Waals surface area (Å²) in [5, 5.41) is 3.49. The molecular formula is C33H35BrCl2N2O4. The molecule has 222 valence electrons. The van der Waals surface area contributed by atoms with E-state index in [1.807, 2.05) is 12.1 Å². The Hall–Kier alpha value is -2.61. The van der Waals surface area contributed by atoms with Gasteiger partial charge in [0.25, 0.3) is 5.91 Å². The van der Waals surface area contributed by atoms with Gasteiger partial charge in [-0.2, -0.15) is 0 Å². The highest BCUT2D eigenvalue weighted by molar-refractivity contribution is 9.10. The second-order valence-corrected chi connectivity index (χ2v) is 14.6. The van der Waals surface area contributed by atoms with Crippen LogP contribution in [0.25, 0.3) is 0 Å². The van der Waals surface area contributed by atoms with Gasteiger partial charge >= 0.3 is 0 Å². The van der Waals surface area contributed by atoms with Crippen molar-refractivity contribution in [2.24, 2.45) is 10.8 Å². The van der Waals surface area contributed by atoms with Crippen molar-refractivity contribution in [2.75, 3.05) is 18.5 Å². The van der Waals surface area contributed by atoms with E-state index in [1.165, 1.54) is 0 Å². The second-order valence-electron chi connectivity index (χ2n) is 12.9. The maximum atomic E-state index is 13.8. The molecule has 0 fully saturated rings. The van der Waals surface area contributed by atoms with Crippen LogP contribution in [-0.2, 0) is 14.4 Å². The van der Waals surface area contributed by atoms with Crippen molar-refractivity contribution >= 4 is 62.3 Å². The normalized spacial score (nSPS) is 20.0. The Labute approximate surface area is 265 Å². The number of amides is 1. The van der Waals surface area contributed by atoms with Crippen LogP contribution in [0.15, 0.2) is 63.4 Å². The monoisotopic (exact) mass is 672 g/mol. The van der Waals surface area contributed by atoms with E-state index in [-0.39, 0.29) is 34.9 Å². The van der Waals surface area contributed by atoms with Gasteiger partial charge in [-0.05, 0) is 82.4 Å². The molecule has 0 spiro atoms. The molecule has 0 bridgehead atoms. The standard InChI is InChI=1S/C33H35BrCl2N2O4/c1-6-38-23-13-32(2,3)15-25(39)30(23)29(31-24(38)14-33(4,5)16-26(31)40)18-7-10-27(20(34)11-18)42-17-28(41)37-19-8-9-21(35)22(36)12-19/h7-12,29H,6,13-17H2,1-5H3,(H,37,41). The molecule has 2 aromatic rings. The number of carbonyl (C=O) groups excluding carboxylic acids is 3. The third-order valence-corrected chi connectivity index (χ3v) is 9.55. The number of nitrogens with one attached hydrogen (secondary N) is 1. The molecule has 1 heterocycles. The van der Waals surface area contributed by atoms with Gasteiger partial charge in [-0.3, -0.25) is 14.4 Å². The van der Waals surface area contributed by atoms with Crippen LogP contribution in [0, 0.1) is 10.8 Å². The van der Waals surface area contributed by atoms with Crippen molar-refractivity contribution in [1.82, 2.24) is 4.90 Å². The zero-order valence-electron chi connectivity index (χ0n) is 24.5. The molecule has 5 rings (SSSR count). The predicted molar refractivity (Wildman–Crippen MR) is 170 cm³/mol. The Balaban J connectivity index is 1.47. The molecule has 42 heavy (non-hydrogen) atoms. The molecule has 6 nitrogen and oxygen atoms in total. The molecule has 1 aliphatic heterocycles. The van der Waals surface area contributed by atoms with Gasteiger partial charge in [0.05, 0.1) is 14.5 Å². The quantitative estimate of drug-likeness (QED) is 0.333. The van der Waals surface area contributed by atoms with Crippen LogP contribution in [0.5, 0.6) is 5.75 Å². The zero-order chi connectivity index (χ0) is 30.6. The molecule has 9 heteroatoms. The zero-order valence-corrected chi connectivity index (χ0v) is 27.6. The number of hydrogen-bond donors (Lipinski definition) is 1. The van der Waals surface area contributed by atoms with E-state index in [2.05, 4.69) is 60.8 Å². The Bertz CT molecular complexity index is 1510. The number of rotatable bonds is 6. The molecule has 0 saturated heterocycles. The molecule has 0 atom stereocenters. The lowest BCUT2D eigenvalue weighted by atomic mass is 9.63. The van der Waals surface area contributed by atoms with Crippen LogP contribution in [-0.4, -0.2) is 35.5 Å². The lowest BCUT2D eigenvalue weighted by Crippen LogP contribution is -2.44. The van der Waals surface area contributed by atoms with Crippen molar-refractivity contribution in [3.63, 3.8) is 0 Å². The van der Waals surface area contributed by atoms with Gasteiger partial charge < -0.3 is 15.0 Å². The van der Waals surface area contributed by atoms with Crippen LogP contribution in [0.1, 0.15) is 71.8 Å². The van der Waals surface area contributed by atoms with Crippen LogP contribution in [0.3, 0.4) is 0 Å². The smallest absolute Gasteiger partial charge is 0.262 e. The van der Waals surface area contributed by atoms with Crippen molar-refractivity contribution < 1.29 is 19.1 Å². The van der Waals surface area contributed by atoms with Crippen LogP contribution >= 0.6 is 39.1 Å². The number of nitrogens with zero attached hydrogens (tertiary/aromatic N) is 1. The fraction of sp³-hybridized carbons (Fsp3) is 0.424. The molecule has 0 unspecified atom stereocenters. The SMILES string of the molecule is CCN1C2=C(C(=O)CC(C)(C)C2)C(c2ccc(OCC(=O)Nc3ccc(Cl)c(Cl)c3)c(Br)c2)C2=C1CC(C)(C)CC2=O. The molecule has 3 aliphatic rings. The minimum Gasteiger partial charge on any atom is -0.483 e. The summed E-state index contributed by atoms with van der Waals surface area (Å²) in [7, 11) is 0. The molecular weight excluding hydrogens is 639 g/mol. The molecule has 1 N–H and O–H groups in total. The van der Waals surface area contributed by atoms with Crippen molar-refractivity contribution in [2.45, 2.75) is 66.2 Å². The number of allylic oxidation sites excluding steroid dienone is 4. The summed E-state index contributed by atoms with van der Waals surface area (Å²) in [5.74, 6) is -0.113. The average molecular weight is 674 g/mol. The van der Waals surface area contributed by atoms with E-state index in [9.17, 15) is 14.4 Å². The number of ether oxygens (including phenoxy) is 1. The summed E-state index contributed by atoms with van der Waals surface area (Å²) < 4.78 is 6.46. The lowest BCUT2D eigenvalue weighted by molar-refractivity contribution is -0.120. The first kappa shape index (κ1) is 30.8. The highest BCUT2D eigenvalue weighted by Gasteiger charge is 2.48. The second kappa shape index (κ2) is 11.5. The van der Waals surface area contributed by atoms with Gasteiger partial charge in [0.2, 0.25) is 0 Å². The summed E-state index contributed by atoms with van der Waals surface area (Å²) in [6.45, 7) is 11.1. The maximum absolute atomic E-state index is 13.8. The average Bonchev–Trinajstić information content (AvgIpc) is 2.87. The number of benzene rings is 2. The van der Waals surface area contributed by atoms with Gasteiger partial charge in [0.15, 0.2) is 18.2 Å². The van der Waals surface area contributed by atoms with Gasteiger partial charge in [-0.25, -0.2) is 0 Å². The predicted octanol–water partition coefficient (Wildman–Crippen LogP) is 8.48. The van der Waals surface area contributed by atoms with Crippen LogP contribution in [0.2, 0.25) is 10.0 Å². The summed E-state index contributed by atoms with van der Waals surface area (Å²) in [4.78, 5) is 42.4. The Morgan fingerprint density at radius 1 is 0.929 bits per heavy atom. The summed E-state index contributed by atoms with van der Waals surface area (Å²) in [6.07, 6.45) is 2.44. The van der Waals surface area contributed by atoms with Crippen molar-refractivity contribution in [1.29, 1.82) is 0 Å². The van der Waals surface area contributed by atoms with Gasteiger partial charge in [0, 0.05) is 53.5 Å². The topological polar surface area (TPSA) is 75.7 Å². The first-order valence-electron chi connectivity index (χ1n) is 14.2. The number of hydrogen-bond acceptors (Lipinski definition) is 5. The maximum Gasteiger partial charge on any atom is 0.262 e. The fourth-order valence-electron chi connectivity index (χ4n) is 6.49. The lowest BCUT2D eigenvalue weighted by Gasteiger charge is -2.48. The van der Waals surface area contributed by atoms with E-state index in [0.29, 0.717) is 45.3 Å². The summed E-state index contributed by atoms with van der Waals surface area (Å²) >= 11 is 15.6. The highest BCUT2D eigenvalue weighted by Crippen LogP contribution is 2.54. The largest absolute Gasteiger partial charge is 0.483 e. The van der Waals surface area contributed by atoms with Crippen molar-refractivity contribution in [3.8, 4) is 5.75 Å². The summed E-state index contributed by atoms with van der Waals surface area (Å²) in [5.41, 5.74) is 4.62. The third kappa shape index (κ3) is 6.06. The van der Waals surface area contributed by atoms with E-state index in [4.69, 9.17) is 27.9 Å². The van der Waals surface area contributed by atoms with E-state index in [1.54, 1.807) is 24.3 Å². The van der Waals surface area contributed by atoms with Gasteiger partial charge in [-0.15, -0.1) is 0 Å². The number of carbonyl (C=O) groups is 3. The Kier molecular flexibility index (Phi) is 8.42. The van der Waals surface area contributed by atoms with Crippen LogP contribution in [0.4, 0.5) is 5.69 Å². The van der Waals surface area contributed by atoms with E-state index >= 15 is 0 Å². The number of halogens is 3. The Morgan fingerprint density at radius 2 is 1.52 bits per heavy atom.